The molecule has 2 aromatic rings. The average molecular weight is 381 g/mol. The molecule has 2 N–H and O–H groups in total. The maximum Gasteiger partial charge on any atom is 0.261 e. The molecule has 0 atom stereocenters. The van der Waals surface area contributed by atoms with Crippen molar-refractivity contribution in [2.24, 2.45) is 5.92 Å². The Kier molecular flexibility index (Phi) is 7.85. The zero-order valence-corrected chi connectivity index (χ0v) is 15.9. The third-order valence-electron chi connectivity index (χ3n) is 3.64. The van der Waals surface area contributed by atoms with Crippen molar-refractivity contribution in [3.05, 3.63) is 59.6 Å². The van der Waals surface area contributed by atoms with Gasteiger partial charge in [0, 0.05) is 6.54 Å². The molecule has 7 heteroatoms. The molecule has 1 heterocycles. The Morgan fingerprint density at radius 2 is 1.96 bits per heavy atom. The fraction of sp³-hybridized carbons (Fsp3) is 0.286. The lowest BCUT2D eigenvalue weighted by molar-refractivity contribution is -0.123. The lowest BCUT2D eigenvalue weighted by Gasteiger charge is -2.08. The van der Waals surface area contributed by atoms with Crippen molar-refractivity contribution < 1.29 is 18.7 Å². The first-order valence-electron chi connectivity index (χ1n) is 8.90. The minimum absolute atomic E-state index is 0.0339. The molecule has 0 fully saturated rings. The first kappa shape index (κ1) is 20.8. The van der Waals surface area contributed by atoms with Crippen LogP contribution in [0.1, 0.15) is 25.2 Å². The number of furan rings is 1. The number of benzene rings is 1. The van der Waals surface area contributed by atoms with Crippen LogP contribution in [-0.4, -0.2) is 25.0 Å². The van der Waals surface area contributed by atoms with Crippen molar-refractivity contribution in [1.82, 2.24) is 10.6 Å². The summed E-state index contributed by atoms with van der Waals surface area (Å²) in [6, 6.07) is 12.2. The van der Waals surface area contributed by atoms with Crippen LogP contribution < -0.4 is 15.4 Å². The third kappa shape index (κ3) is 7.00. The van der Waals surface area contributed by atoms with E-state index in [0.29, 0.717) is 36.1 Å². The van der Waals surface area contributed by atoms with Gasteiger partial charge in [0.25, 0.3) is 11.8 Å². The summed E-state index contributed by atoms with van der Waals surface area (Å²) in [5.41, 5.74) is 0.720. The minimum atomic E-state index is -0.398. The molecule has 146 valence electrons. The van der Waals surface area contributed by atoms with Gasteiger partial charge >= 0.3 is 0 Å². The molecule has 7 nitrogen and oxygen atoms in total. The van der Waals surface area contributed by atoms with Gasteiger partial charge in [-0.05, 0) is 41.8 Å². The fourth-order valence-corrected chi connectivity index (χ4v) is 2.17. The second kappa shape index (κ2) is 10.6. The lowest BCUT2D eigenvalue weighted by Crippen LogP contribution is -2.28. The maximum absolute atomic E-state index is 12.0. The summed E-state index contributed by atoms with van der Waals surface area (Å²) < 4.78 is 10.6. The van der Waals surface area contributed by atoms with E-state index in [1.54, 1.807) is 42.7 Å². The second-order valence-corrected chi connectivity index (χ2v) is 6.49. The van der Waals surface area contributed by atoms with E-state index in [2.05, 4.69) is 10.6 Å². The predicted molar refractivity (Wildman–Crippen MR) is 104 cm³/mol. The highest BCUT2D eigenvalue weighted by Gasteiger charge is 2.09. The van der Waals surface area contributed by atoms with E-state index in [1.807, 2.05) is 19.9 Å². The summed E-state index contributed by atoms with van der Waals surface area (Å²) in [5.74, 6) is 0.804. The second-order valence-electron chi connectivity index (χ2n) is 6.49. The number of hydrogen-bond donors (Lipinski definition) is 2. The lowest BCUT2D eigenvalue weighted by atomic mass is 10.1. The normalized spacial score (nSPS) is 11.0. The Bertz CT molecular complexity index is 847. The molecule has 1 aromatic carbocycles. The molecule has 0 saturated carbocycles. The smallest absolute Gasteiger partial charge is 0.261 e. The van der Waals surface area contributed by atoms with Gasteiger partial charge in [-0.25, -0.2) is 0 Å². The Morgan fingerprint density at radius 1 is 1.21 bits per heavy atom. The van der Waals surface area contributed by atoms with E-state index in [0.717, 1.165) is 0 Å². The van der Waals surface area contributed by atoms with Crippen LogP contribution in [0.4, 0.5) is 0 Å². The molecule has 0 aliphatic carbocycles. The van der Waals surface area contributed by atoms with E-state index in [1.165, 1.54) is 6.08 Å². The molecule has 28 heavy (non-hydrogen) atoms. The summed E-state index contributed by atoms with van der Waals surface area (Å²) in [6.45, 7) is 4.64. The molecule has 0 spiro atoms. The molecule has 0 bridgehead atoms. The zero-order chi connectivity index (χ0) is 20.4. The molecule has 0 radical (unpaired) electrons. The van der Waals surface area contributed by atoms with Gasteiger partial charge in [0.05, 0.1) is 12.8 Å². The van der Waals surface area contributed by atoms with Crippen LogP contribution in [0.15, 0.2) is 52.7 Å². The highest BCUT2D eigenvalue weighted by Crippen LogP contribution is 2.14. The molecule has 0 aliphatic rings. The van der Waals surface area contributed by atoms with Crippen LogP contribution >= 0.6 is 0 Å². The third-order valence-corrected chi connectivity index (χ3v) is 3.64. The SMILES string of the molecule is CC(C)CNC(=O)/C(C#N)=C/c1ccc(OCC(=O)NCc2ccco2)cc1. The number of carbonyl (C=O) groups is 2. The first-order valence-corrected chi connectivity index (χ1v) is 8.90. The van der Waals surface area contributed by atoms with Crippen LogP contribution in [-0.2, 0) is 16.1 Å². The number of carbonyl (C=O) groups excluding carboxylic acids is 2. The van der Waals surface area contributed by atoms with E-state index in [4.69, 9.17) is 9.15 Å². The van der Waals surface area contributed by atoms with Gasteiger partial charge in [-0.2, -0.15) is 5.26 Å². The summed E-state index contributed by atoms with van der Waals surface area (Å²) in [5, 5.41) is 14.6. The van der Waals surface area contributed by atoms with E-state index in [9.17, 15) is 14.9 Å². The topological polar surface area (TPSA) is 104 Å². The number of hydrogen-bond acceptors (Lipinski definition) is 5. The quantitative estimate of drug-likeness (QED) is 0.513. The van der Waals surface area contributed by atoms with Gasteiger partial charge < -0.3 is 19.8 Å². The van der Waals surface area contributed by atoms with Gasteiger partial charge in [-0.15, -0.1) is 0 Å². The first-order chi connectivity index (χ1) is 13.5. The van der Waals surface area contributed by atoms with Gasteiger partial charge in [0.1, 0.15) is 23.2 Å². The van der Waals surface area contributed by atoms with Gasteiger partial charge in [0.15, 0.2) is 6.61 Å². The van der Waals surface area contributed by atoms with Crippen molar-refractivity contribution in [2.45, 2.75) is 20.4 Å². The van der Waals surface area contributed by atoms with Gasteiger partial charge in [0.2, 0.25) is 0 Å². The zero-order valence-electron chi connectivity index (χ0n) is 15.9. The summed E-state index contributed by atoms with van der Waals surface area (Å²) in [4.78, 5) is 23.8. The summed E-state index contributed by atoms with van der Waals surface area (Å²) in [7, 11) is 0. The molecule has 0 aliphatic heterocycles. The van der Waals surface area contributed by atoms with Crippen molar-refractivity contribution in [3.8, 4) is 11.8 Å². The van der Waals surface area contributed by atoms with Crippen LogP contribution in [0.2, 0.25) is 0 Å². The monoisotopic (exact) mass is 381 g/mol. The molecular formula is C21H23N3O4. The Hall–Kier alpha value is -3.53. The number of nitrogens with zero attached hydrogens (tertiary/aromatic N) is 1. The van der Waals surface area contributed by atoms with Crippen molar-refractivity contribution in [1.29, 1.82) is 5.26 Å². The van der Waals surface area contributed by atoms with Gasteiger partial charge in [-0.1, -0.05) is 26.0 Å². The van der Waals surface area contributed by atoms with E-state index >= 15 is 0 Å². The minimum Gasteiger partial charge on any atom is -0.484 e. The van der Waals surface area contributed by atoms with E-state index in [-0.39, 0.29) is 18.1 Å². The number of amides is 2. The number of nitriles is 1. The molecule has 0 saturated heterocycles. The summed E-state index contributed by atoms with van der Waals surface area (Å²) >= 11 is 0. The number of ether oxygens (including phenoxy) is 1. The standard InChI is InChI=1S/C21H23N3O4/c1-15(2)12-24-21(26)17(11-22)10-16-5-7-18(8-6-16)28-14-20(25)23-13-19-4-3-9-27-19/h3-10,15H,12-14H2,1-2H3,(H,23,25)(H,24,26)/b17-10+. The predicted octanol–water partition coefficient (Wildman–Crippen LogP) is 2.65. The molecule has 1 aromatic heterocycles. The Labute approximate surface area is 164 Å². The van der Waals surface area contributed by atoms with Crippen LogP contribution in [0.5, 0.6) is 5.75 Å². The largest absolute Gasteiger partial charge is 0.484 e. The number of nitrogens with one attached hydrogen (secondary N) is 2. The van der Waals surface area contributed by atoms with Crippen molar-refractivity contribution in [2.75, 3.05) is 13.2 Å². The van der Waals surface area contributed by atoms with Crippen molar-refractivity contribution >= 4 is 17.9 Å². The Morgan fingerprint density at radius 3 is 2.57 bits per heavy atom. The fourth-order valence-electron chi connectivity index (χ4n) is 2.17. The molecule has 0 unspecified atom stereocenters. The summed E-state index contributed by atoms with van der Waals surface area (Å²) in [6.07, 6.45) is 3.05. The number of rotatable bonds is 9. The average Bonchev–Trinajstić information content (AvgIpc) is 3.21. The highest BCUT2D eigenvalue weighted by atomic mass is 16.5. The maximum atomic E-state index is 12.0. The van der Waals surface area contributed by atoms with Gasteiger partial charge in [-0.3, -0.25) is 9.59 Å². The Balaban J connectivity index is 1.85. The van der Waals surface area contributed by atoms with Crippen LogP contribution in [0.25, 0.3) is 6.08 Å². The molecular weight excluding hydrogens is 358 g/mol. The van der Waals surface area contributed by atoms with E-state index < -0.39 is 5.91 Å². The van der Waals surface area contributed by atoms with Crippen molar-refractivity contribution in [3.63, 3.8) is 0 Å². The molecule has 2 rings (SSSR count). The van der Waals surface area contributed by atoms with Crippen LogP contribution in [0, 0.1) is 17.2 Å². The van der Waals surface area contributed by atoms with Crippen LogP contribution in [0.3, 0.4) is 0 Å². The molecule has 2 amide bonds. The highest BCUT2D eigenvalue weighted by molar-refractivity contribution is 6.01.